The molecular weight excluding hydrogens is 220 g/mol. The van der Waals surface area contributed by atoms with E-state index < -0.39 is 5.91 Å². The van der Waals surface area contributed by atoms with Gasteiger partial charge in [0, 0.05) is 10.5 Å². The maximum atomic E-state index is 11.2. The number of rotatable bonds is 3. The molecule has 0 saturated heterocycles. The van der Waals surface area contributed by atoms with Crippen LogP contribution in [0.2, 0.25) is 0 Å². The van der Waals surface area contributed by atoms with E-state index in [4.69, 9.17) is 16.0 Å². The summed E-state index contributed by atoms with van der Waals surface area (Å²) in [6, 6.07) is 4.81. The minimum Gasteiger partial charge on any atom is -0.497 e. The van der Waals surface area contributed by atoms with Gasteiger partial charge in [-0.25, -0.2) is 0 Å². The predicted octanol–water partition coefficient (Wildman–Crippen LogP) is 1.46. The minimum absolute atomic E-state index is 0.0424. The summed E-state index contributed by atoms with van der Waals surface area (Å²) < 4.78 is 4.98. The van der Waals surface area contributed by atoms with Crippen molar-refractivity contribution in [1.29, 1.82) is 0 Å². The number of primary amides is 1. The lowest BCUT2D eigenvalue weighted by atomic mass is 10.1. The van der Waals surface area contributed by atoms with E-state index in [-0.39, 0.29) is 12.1 Å². The zero-order valence-corrected chi connectivity index (χ0v) is 9.17. The Morgan fingerprint density at radius 1 is 1.65 bits per heavy atom. The van der Waals surface area contributed by atoms with E-state index in [1.807, 2.05) is 0 Å². The quantitative estimate of drug-likeness (QED) is 0.367. The van der Waals surface area contributed by atoms with Gasteiger partial charge in [0.1, 0.15) is 5.75 Å². The van der Waals surface area contributed by atoms with Crippen LogP contribution in [0, 0.1) is 11.8 Å². The highest BCUT2D eigenvalue weighted by molar-refractivity contribution is 5.95. The van der Waals surface area contributed by atoms with E-state index in [1.54, 1.807) is 12.1 Å². The molecule has 0 unspecified atom stereocenters. The van der Waals surface area contributed by atoms with Gasteiger partial charge in [0.05, 0.1) is 19.2 Å². The van der Waals surface area contributed by atoms with Gasteiger partial charge in [0.15, 0.2) is 0 Å². The molecule has 2 N–H and O–H groups in total. The van der Waals surface area contributed by atoms with Gasteiger partial charge in [0.25, 0.3) is 0 Å². The Morgan fingerprint density at radius 3 is 3.00 bits per heavy atom. The maximum Gasteiger partial charge on any atom is 0.250 e. The SMILES string of the molecule is COc1ccc(C#CCN=[N+]=[N-])c(C(N)=O)c1. The average Bonchev–Trinajstić information content (AvgIpc) is 2.34. The van der Waals surface area contributed by atoms with Crippen LogP contribution in [0.1, 0.15) is 15.9 Å². The van der Waals surface area contributed by atoms with E-state index in [9.17, 15) is 4.79 Å². The predicted molar refractivity (Wildman–Crippen MR) is 62.4 cm³/mol. The molecule has 1 aromatic carbocycles. The molecule has 0 aromatic heterocycles. The van der Waals surface area contributed by atoms with Crippen LogP contribution in [-0.4, -0.2) is 19.6 Å². The van der Waals surface area contributed by atoms with E-state index in [2.05, 4.69) is 21.9 Å². The second-order valence-electron chi connectivity index (χ2n) is 2.97. The summed E-state index contributed by atoms with van der Waals surface area (Å²) in [7, 11) is 1.49. The van der Waals surface area contributed by atoms with Crippen molar-refractivity contribution in [3.63, 3.8) is 0 Å². The third-order valence-corrected chi connectivity index (χ3v) is 1.93. The molecule has 0 spiro atoms. The molecule has 0 aliphatic rings. The van der Waals surface area contributed by atoms with Crippen LogP contribution in [0.25, 0.3) is 10.4 Å². The standard InChI is InChI=1S/C11H10N4O2/c1-17-9-5-4-8(3-2-6-14-15-13)10(7-9)11(12)16/h4-5,7H,6H2,1H3,(H2,12,16). The summed E-state index contributed by atoms with van der Waals surface area (Å²) >= 11 is 0. The molecule has 0 aliphatic carbocycles. The van der Waals surface area contributed by atoms with Gasteiger partial charge in [-0.05, 0) is 23.7 Å². The molecule has 6 nitrogen and oxygen atoms in total. The molecule has 1 rings (SSSR count). The normalized spacial score (nSPS) is 8.53. The van der Waals surface area contributed by atoms with Gasteiger partial charge < -0.3 is 10.5 Å². The Bertz CT molecular complexity index is 536. The number of nitrogens with zero attached hydrogens (tertiary/aromatic N) is 3. The molecule has 0 aliphatic heterocycles. The fraction of sp³-hybridized carbons (Fsp3) is 0.182. The van der Waals surface area contributed by atoms with Crippen LogP contribution < -0.4 is 10.5 Å². The first kappa shape index (κ1) is 12.4. The lowest BCUT2D eigenvalue weighted by Crippen LogP contribution is -2.13. The first-order valence-electron chi connectivity index (χ1n) is 4.66. The van der Waals surface area contributed by atoms with E-state index in [1.165, 1.54) is 13.2 Å². The third kappa shape index (κ3) is 3.45. The molecule has 0 heterocycles. The van der Waals surface area contributed by atoms with Crippen molar-refractivity contribution in [3.05, 3.63) is 39.8 Å². The van der Waals surface area contributed by atoms with Gasteiger partial charge in [-0.1, -0.05) is 17.0 Å². The fourth-order valence-corrected chi connectivity index (χ4v) is 1.16. The lowest BCUT2D eigenvalue weighted by molar-refractivity contribution is 0.0999. The summed E-state index contributed by atoms with van der Waals surface area (Å²) in [5.74, 6) is 5.27. The van der Waals surface area contributed by atoms with Gasteiger partial charge >= 0.3 is 0 Å². The first-order chi connectivity index (χ1) is 8.19. The number of nitrogens with two attached hydrogens (primary N) is 1. The summed E-state index contributed by atoms with van der Waals surface area (Å²) in [5.41, 5.74) is 14.1. The number of hydrogen-bond acceptors (Lipinski definition) is 3. The number of carbonyl (C=O) groups is 1. The van der Waals surface area contributed by atoms with Gasteiger partial charge in [-0.3, -0.25) is 4.79 Å². The first-order valence-corrected chi connectivity index (χ1v) is 4.66. The topological polar surface area (TPSA) is 101 Å². The van der Waals surface area contributed by atoms with Crippen LogP contribution in [-0.2, 0) is 0 Å². The molecule has 1 amide bonds. The zero-order valence-electron chi connectivity index (χ0n) is 9.17. The van der Waals surface area contributed by atoms with Crippen LogP contribution in [0.3, 0.4) is 0 Å². The van der Waals surface area contributed by atoms with Gasteiger partial charge in [-0.2, -0.15) is 0 Å². The molecule has 0 fully saturated rings. The number of amides is 1. The lowest BCUT2D eigenvalue weighted by Gasteiger charge is -2.03. The Morgan fingerprint density at radius 2 is 2.41 bits per heavy atom. The second kappa shape index (κ2) is 6.05. The Labute approximate surface area is 98.0 Å². The molecule has 0 radical (unpaired) electrons. The summed E-state index contributed by atoms with van der Waals surface area (Å²) in [4.78, 5) is 13.8. The number of methoxy groups -OCH3 is 1. The van der Waals surface area contributed by atoms with Crippen molar-refractivity contribution in [3.8, 4) is 17.6 Å². The molecule has 17 heavy (non-hydrogen) atoms. The van der Waals surface area contributed by atoms with Crippen molar-refractivity contribution in [2.45, 2.75) is 0 Å². The minimum atomic E-state index is -0.586. The van der Waals surface area contributed by atoms with E-state index >= 15 is 0 Å². The number of azide groups is 1. The van der Waals surface area contributed by atoms with E-state index in [0.29, 0.717) is 11.3 Å². The molecule has 86 valence electrons. The molecule has 0 saturated carbocycles. The summed E-state index contributed by atoms with van der Waals surface area (Å²) in [6.45, 7) is 0.0424. The van der Waals surface area contributed by atoms with Crippen LogP contribution in [0.5, 0.6) is 5.75 Å². The monoisotopic (exact) mass is 230 g/mol. The third-order valence-electron chi connectivity index (χ3n) is 1.93. The van der Waals surface area contributed by atoms with Gasteiger partial charge in [0.2, 0.25) is 5.91 Å². The van der Waals surface area contributed by atoms with Crippen LogP contribution >= 0.6 is 0 Å². The number of benzene rings is 1. The Balaban J connectivity index is 3.09. The van der Waals surface area contributed by atoms with Crippen molar-refractivity contribution in [1.82, 2.24) is 0 Å². The second-order valence-corrected chi connectivity index (χ2v) is 2.97. The number of hydrogen-bond donors (Lipinski definition) is 1. The largest absolute Gasteiger partial charge is 0.497 e. The molecule has 0 atom stereocenters. The molecule has 0 bridgehead atoms. The average molecular weight is 230 g/mol. The van der Waals surface area contributed by atoms with Crippen molar-refractivity contribution in [2.75, 3.05) is 13.7 Å². The zero-order chi connectivity index (χ0) is 12.7. The van der Waals surface area contributed by atoms with Crippen molar-refractivity contribution < 1.29 is 9.53 Å². The van der Waals surface area contributed by atoms with Crippen LogP contribution in [0.4, 0.5) is 0 Å². The smallest absolute Gasteiger partial charge is 0.250 e. The fourth-order valence-electron chi connectivity index (χ4n) is 1.16. The van der Waals surface area contributed by atoms with Crippen LogP contribution in [0.15, 0.2) is 23.3 Å². The van der Waals surface area contributed by atoms with E-state index in [0.717, 1.165) is 0 Å². The Hall–Kier alpha value is -2.64. The number of carbonyl (C=O) groups excluding carboxylic acids is 1. The summed E-state index contributed by atoms with van der Waals surface area (Å²) in [5, 5.41) is 3.26. The van der Waals surface area contributed by atoms with Crippen molar-refractivity contribution in [2.24, 2.45) is 10.8 Å². The summed E-state index contributed by atoms with van der Waals surface area (Å²) in [6.07, 6.45) is 0. The van der Waals surface area contributed by atoms with Gasteiger partial charge in [-0.15, -0.1) is 0 Å². The maximum absolute atomic E-state index is 11.2. The highest BCUT2D eigenvalue weighted by Gasteiger charge is 2.07. The van der Waals surface area contributed by atoms with Crippen molar-refractivity contribution >= 4 is 5.91 Å². The molecule has 6 heteroatoms. The molecular formula is C11H10N4O2. The highest BCUT2D eigenvalue weighted by atomic mass is 16.5. The number of ether oxygens (including phenoxy) is 1. The Kier molecular flexibility index (Phi) is 4.43. The highest BCUT2D eigenvalue weighted by Crippen LogP contribution is 2.16. The molecule has 1 aromatic rings.